The number of para-hydroxylation sites is 1. The van der Waals surface area contributed by atoms with Crippen molar-refractivity contribution in [3.05, 3.63) is 64.7 Å². The lowest BCUT2D eigenvalue weighted by Gasteiger charge is -2.35. The number of anilines is 1. The van der Waals surface area contributed by atoms with Gasteiger partial charge in [-0.15, -0.1) is 0 Å². The van der Waals surface area contributed by atoms with Gasteiger partial charge in [0.15, 0.2) is 5.54 Å². The van der Waals surface area contributed by atoms with Crippen molar-refractivity contribution in [2.45, 2.75) is 18.9 Å². The van der Waals surface area contributed by atoms with Crippen molar-refractivity contribution >= 4 is 29.0 Å². The number of aliphatic hydroxyl groups is 1. The largest absolute Gasteiger partial charge is 0.507 e. The Hall–Kier alpha value is -3.69. The molecule has 3 heterocycles. The van der Waals surface area contributed by atoms with E-state index in [1.807, 2.05) is 6.92 Å². The van der Waals surface area contributed by atoms with Crippen molar-refractivity contribution in [3.8, 4) is 5.75 Å². The van der Waals surface area contributed by atoms with Crippen LogP contribution in [0, 0.1) is 6.92 Å². The Morgan fingerprint density at radius 3 is 2.51 bits per heavy atom. The van der Waals surface area contributed by atoms with E-state index in [1.54, 1.807) is 56.6 Å². The number of Topliss-reactive ketones (excluding diaryl/α,β-unsaturated/α-hetero) is 1. The molecule has 1 N–H and O–H groups in total. The lowest BCUT2D eigenvalue weighted by molar-refractivity contribution is -0.143. The number of hydrogen-bond donors (Lipinski definition) is 1. The first-order chi connectivity index (χ1) is 17.8. The zero-order chi connectivity index (χ0) is 26.3. The van der Waals surface area contributed by atoms with Gasteiger partial charge in [0, 0.05) is 50.0 Å². The zero-order valence-corrected chi connectivity index (χ0v) is 21.3. The minimum atomic E-state index is -1.73. The molecule has 2 saturated heterocycles. The second kappa shape index (κ2) is 9.64. The second-order valence-corrected chi connectivity index (χ2v) is 9.59. The number of aliphatic hydroxyl groups excluding tert-OH is 1. The highest BCUT2D eigenvalue weighted by molar-refractivity contribution is 6.50. The number of amides is 2. The van der Waals surface area contributed by atoms with Crippen LogP contribution in [0.3, 0.4) is 0 Å². The van der Waals surface area contributed by atoms with Gasteiger partial charge < -0.3 is 24.4 Å². The molecule has 37 heavy (non-hydrogen) atoms. The number of fused-ring (bicyclic) bond motifs is 2. The Kier molecular flexibility index (Phi) is 6.51. The van der Waals surface area contributed by atoms with Crippen LogP contribution in [0.25, 0.3) is 5.76 Å². The second-order valence-electron chi connectivity index (χ2n) is 9.59. The van der Waals surface area contributed by atoms with Crippen molar-refractivity contribution in [3.63, 3.8) is 0 Å². The van der Waals surface area contributed by atoms with Gasteiger partial charge in [0.2, 0.25) is 0 Å². The highest BCUT2D eigenvalue weighted by atomic mass is 16.5. The molecular formula is C28H31N3O6. The third-order valence-electron chi connectivity index (χ3n) is 7.57. The number of benzene rings is 2. The summed E-state index contributed by atoms with van der Waals surface area (Å²) < 4.78 is 10.7. The molecule has 0 bridgehead atoms. The fourth-order valence-corrected chi connectivity index (χ4v) is 5.72. The molecule has 2 fully saturated rings. The highest BCUT2D eigenvalue weighted by Gasteiger charge is 2.66. The number of nitrogens with zero attached hydrogens (tertiary/aromatic N) is 3. The van der Waals surface area contributed by atoms with Gasteiger partial charge in [-0.1, -0.05) is 18.2 Å². The number of likely N-dealkylation sites (tertiary alicyclic amines) is 1. The first-order valence-electron chi connectivity index (χ1n) is 12.4. The predicted molar refractivity (Wildman–Crippen MR) is 137 cm³/mol. The van der Waals surface area contributed by atoms with Crippen LogP contribution in [0.2, 0.25) is 0 Å². The minimum absolute atomic E-state index is 0.189. The first kappa shape index (κ1) is 25.0. The van der Waals surface area contributed by atoms with Crippen LogP contribution < -0.4 is 9.64 Å². The molecule has 1 atom stereocenters. The van der Waals surface area contributed by atoms with E-state index in [2.05, 4.69) is 4.90 Å². The topological polar surface area (TPSA) is 99.6 Å². The summed E-state index contributed by atoms with van der Waals surface area (Å²) in [4.78, 5) is 46.2. The average Bonchev–Trinajstić information content (AvgIpc) is 3.27. The van der Waals surface area contributed by atoms with Gasteiger partial charge in [-0.05, 0) is 43.2 Å². The fourth-order valence-electron chi connectivity index (χ4n) is 5.72. The Bertz CT molecular complexity index is 1300. The number of morpholine rings is 1. The molecule has 2 amide bonds. The summed E-state index contributed by atoms with van der Waals surface area (Å²) in [5.41, 5.74) is 0.265. The maximum Gasteiger partial charge on any atom is 0.296 e. The molecule has 194 valence electrons. The number of carbonyl (C=O) groups excluding carboxylic acids is 3. The van der Waals surface area contributed by atoms with E-state index >= 15 is 0 Å². The lowest BCUT2D eigenvalue weighted by Crippen LogP contribution is -2.52. The van der Waals surface area contributed by atoms with Gasteiger partial charge in [0.1, 0.15) is 11.5 Å². The zero-order valence-electron chi connectivity index (χ0n) is 21.3. The number of aryl methyl sites for hydroxylation is 1. The molecule has 0 saturated carbocycles. The minimum Gasteiger partial charge on any atom is -0.507 e. The maximum absolute atomic E-state index is 14.1. The van der Waals surface area contributed by atoms with Crippen LogP contribution in [0.15, 0.2) is 48.0 Å². The summed E-state index contributed by atoms with van der Waals surface area (Å²) in [6, 6.07) is 12.1. The molecule has 3 aliphatic heterocycles. The molecule has 5 rings (SSSR count). The Labute approximate surface area is 215 Å². The highest BCUT2D eigenvalue weighted by Crippen LogP contribution is 2.53. The number of ketones is 1. The summed E-state index contributed by atoms with van der Waals surface area (Å²) >= 11 is 0. The molecule has 9 heteroatoms. The SMILES string of the molecule is COc1ccc(C(O)=C2C(=O)C(=O)N(CCCN3CCOCC3)[C@]23C(=O)N(C)c2ccccc23)cc1C. The van der Waals surface area contributed by atoms with Gasteiger partial charge in [-0.3, -0.25) is 19.3 Å². The monoisotopic (exact) mass is 505 g/mol. The Morgan fingerprint density at radius 2 is 1.81 bits per heavy atom. The van der Waals surface area contributed by atoms with Gasteiger partial charge >= 0.3 is 0 Å². The summed E-state index contributed by atoms with van der Waals surface area (Å²) in [5, 5.41) is 11.5. The third kappa shape index (κ3) is 3.81. The van der Waals surface area contributed by atoms with Gasteiger partial charge in [-0.2, -0.15) is 0 Å². The van der Waals surface area contributed by atoms with E-state index in [-0.39, 0.29) is 17.9 Å². The van der Waals surface area contributed by atoms with E-state index in [0.29, 0.717) is 48.7 Å². The number of rotatable bonds is 6. The Balaban J connectivity index is 1.64. The summed E-state index contributed by atoms with van der Waals surface area (Å²) in [6.45, 7) is 5.61. The van der Waals surface area contributed by atoms with Crippen molar-refractivity contribution in [2.75, 3.05) is 58.5 Å². The van der Waals surface area contributed by atoms with E-state index < -0.39 is 23.1 Å². The normalized spacial score (nSPS) is 23.3. The average molecular weight is 506 g/mol. The van der Waals surface area contributed by atoms with Crippen LogP contribution in [0.4, 0.5) is 5.69 Å². The van der Waals surface area contributed by atoms with Crippen molar-refractivity contribution < 1.29 is 29.0 Å². The first-order valence-corrected chi connectivity index (χ1v) is 12.4. The number of carbonyl (C=O) groups is 3. The molecule has 0 radical (unpaired) electrons. The number of likely N-dealkylation sites (N-methyl/N-ethyl adjacent to an activating group) is 1. The van der Waals surface area contributed by atoms with Crippen LogP contribution in [0.1, 0.15) is 23.1 Å². The summed E-state index contributed by atoms with van der Waals surface area (Å²) in [5.74, 6) is -1.84. The maximum atomic E-state index is 14.1. The predicted octanol–water partition coefficient (Wildman–Crippen LogP) is 2.28. The van der Waals surface area contributed by atoms with Gasteiger partial charge in [0.05, 0.1) is 25.9 Å². The quantitative estimate of drug-likeness (QED) is 0.365. The number of methoxy groups -OCH3 is 1. The fraction of sp³-hybridized carbons (Fsp3) is 0.393. The van der Waals surface area contributed by atoms with Crippen LogP contribution >= 0.6 is 0 Å². The van der Waals surface area contributed by atoms with Gasteiger partial charge in [0.25, 0.3) is 17.6 Å². The van der Waals surface area contributed by atoms with E-state index in [9.17, 15) is 19.5 Å². The molecule has 1 spiro atoms. The third-order valence-corrected chi connectivity index (χ3v) is 7.57. The standard InChI is InChI=1S/C28H31N3O6/c1-18-17-19(9-10-22(18)36-3)24(32)23-25(33)26(34)31(12-6-11-30-13-15-37-16-14-30)28(23)20-7-4-5-8-21(20)29(2)27(28)35/h4-5,7-10,17,32H,6,11-16H2,1-3H3/t28-/m0/s1. The van der Waals surface area contributed by atoms with E-state index in [4.69, 9.17) is 9.47 Å². The van der Waals surface area contributed by atoms with Crippen molar-refractivity contribution in [1.29, 1.82) is 0 Å². The van der Waals surface area contributed by atoms with Crippen LogP contribution in [-0.4, -0.2) is 86.1 Å². The van der Waals surface area contributed by atoms with Crippen LogP contribution in [-0.2, 0) is 24.7 Å². The molecule has 2 aromatic rings. The molecular weight excluding hydrogens is 474 g/mol. The molecule has 2 aromatic carbocycles. The molecule has 0 aliphatic carbocycles. The number of ether oxygens (including phenoxy) is 2. The van der Waals surface area contributed by atoms with Crippen molar-refractivity contribution in [2.24, 2.45) is 0 Å². The molecule has 0 unspecified atom stereocenters. The Morgan fingerprint density at radius 1 is 1.08 bits per heavy atom. The molecule has 3 aliphatic rings. The van der Waals surface area contributed by atoms with Crippen molar-refractivity contribution in [1.82, 2.24) is 9.80 Å². The van der Waals surface area contributed by atoms with Gasteiger partial charge in [-0.25, -0.2) is 0 Å². The summed E-state index contributed by atoms with van der Waals surface area (Å²) in [6.07, 6.45) is 0.565. The van der Waals surface area contributed by atoms with Crippen LogP contribution in [0.5, 0.6) is 5.75 Å². The smallest absolute Gasteiger partial charge is 0.296 e. The lowest BCUT2D eigenvalue weighted by atomic mass is 9.81. The molecule has 9 nitrogen and oxygen atoms in total. The van der Waals surface area contributed by atoms with E-state index in [0.717, 1.165) is 18.7 Å². The van der Waals surface area contributed by atoms with E-state index in [1.165, 1.54) is 9.80 Å². The molecule has 0 aromatic heterocycles. The number of hydrogen-bond acceptors (Lipinski definition) is 7. The summed E-state index contributed by atoms with van der Waals surface area (Å²) in [7, 11) is 3.18.